The summed E-state index contributed by atoms with van der Waals surface area (Å²) in [7, 11) is 0. The van der Waals surface area contributed by atoms with E-state index >= 15 is 0 Å². The Hall–Kier alpha value is -4.35. The minimum atomic E-state index is -1.30. The largest absolute Gasteiger partial charge is 0.389 e. The first-order chi connectivity index (χ1) is 19.3. The Labute approximate surface area is 231 Å². The lowest BCUT2D eigenvalue weighted by Crippen LogP contribution is -2.56. The van der Waals surface area contributed by atoms with E-state index in [1.54, 1.807) is 12.3 Å². The summed E-state index contributed by atoms with van der Waals surface area (Å²) in [6.45, 7) is 0.664. The highest BCUT2D eigenvalue weighted by atomic mass is 16.3. The van der Waals surface area contributed by atoms with Crippen LogP contribution in [0.2, 0.25) is 0 Å². The van der Waals surface area contributed by atoms with Gasteiger partial charge >= 0.3 is 0 Å². The van der Waals surface area contributed by atoms with Gasteiger partial charge in [0.05, 0.1) is 24.6 Å². The zero-order valence-electron chi connectivity index (χ0n) is 22.0. The molecule has 2 heterocycles. The number of carbonyl (C=O) groups is 4. The molecule has 1 aliphatic rings. The Morgan fingerprint density at radius 2 is 1.75 bits per heavy atom. The van der Waals surface area contributed by atoms with Crippen LogP contribution in [0.4, 0.5) is 0 Å². The predicted octanol–water partition coefficient (Wildman–Crippen LogP) is 0.165. The molecular weight excluding hydrogens is 512 g/mol. The number of nitrogens with two attached hydrogens (primary N) is 1. The second-order valence-electron chi connectivity index (χ2n) is 9.88. The number of amides is 4. The third kappa shape index (κ3) is 7.84. The van der Waals surface area contributed by atoms with Gasteiger partial charge in [-0.2, -0.15) is 0 Å². The van der Waals surface area contributed by atoms with Crippen LogP contribution < -0.4 is 27.0 Å². The van der Waals surface area contributed by atoms with E-state index in [1.807, 2.05) is 54.6 Å². The summed E-state index contributed by atoms with van der Waals surface area (Å²) in [4.78, 5) is 54.7. The fourth-order valence-electron chi connectivity index (χ4n) is 4.66. The molecule has 7 N–H and O–H groups in total. The Balaban J connectivity index is 1.46. The summed E-state index contributed by atoms with van der Waals surface area (Å²) in [5.74, 6) is -2.35. The maximum Gasteiger partial charge on any atom is 0.270 e. The molecule has 1 aromatic heterocycles. The second kappa shape index (κ2) is 13.6. The Morgan fingerprint density at radius 3 is 2.45 bits per heavy atom. The van der Waals surface area contributed by atoms with E-state index in [0.29, 0.717) is 6.42 Å². The zero-order chi connectivity index (χ0) is 28.5. The van der Waals surface area contributed by atoms with Gasteiger partial charge in [-0.3, -0.25) is 24.2 Å². The van der Waals surface area contributed by atoms with Crippen LogP contribution in [-0.4, -0.2) is 71.0 Å². The highest BCUT2D eigenvalue weighted by molar-refractivity contribution is 5.99. The van der Waals surface area contributed by atoms with Gasteiger partial charge in [0.15, 0.2) is 0 Å². The van der Waals surface area contributed by atoms with Crippen molar-refractivity contribution in [3.8, 4) is 0 Å². The molecule has 1 aliphatic heterocycles. The molecule has 1 fully saturated rings. The molecule has 0 saturated carbocycles. The number of hydrogen-bond acceptors (Lipinski definition) is 7. The molecule has 0 spiro atoms. The van der Waals surface area contributed by atoms with E-state index < -0.39 is 42.3 Å². The lowest BCUT2D eigenvalue weighted by atomic mass is 10.00. The number of carbonyl (C=O) groups excluding carboxylic acids is 4. The van der Waals surface area contributed by atoms with Gasteiger partial charge in [-0.15, -0.1) is 0 Å². The van der Waals surface area contributed by atoms with Crippen molar-refractivity contribution in [2.75, 3.05) is 13.1 Å². The quantitative estimate of drug-likeness (QED) is 0.188. The van der Waals surface area contributed by atoms with Crippen molar-refractivity contribution >= 4 is 34.4 Å². The van der Waals surface area contributed by atoms with Crippen LogP contribution in [0.25, 0.3) is 10.8 Å². The van der Waals surface area contributed by atoms with Crippen LogP contribution in [0.15, 0.2) is 66.9 Å². The van der Waals surface area contributed by atoms with Crippen LogP contribution in [0, 0.1) is 0 Å². The van der Waals surface area contributed by atoms with Crippen molar-refractivity contribution in [2.45, 2.75) is 49.9 Å². The third-order valence-electron chi connectivity index (χ3n) is 6.84. The predicted molar refractivity (Wildman–Crippen MR) is 149 cm³/mol. The van der Waals surface area contributed by atoms with E-state index in [-0.39, 0.29) is 30.6 Å². The molecule has 4 amide bonds. The molecular formula is C29H34N6O5. The zero-order valence-corrected chi connectivity index (χ0v) is 22.0. The Morgan fingerprint density at radius 1 is 1.02 bits per heavy atom. The lowest BCUT2D eigenvalue weighted by molar-refractivity contribution is -0.128. The van der Waals surface area contributed by atoms with Crippen molar-refractivity contribution < 1.29 is 24.3 Å². The van der Waals surface area contributed by atoms with E-state index in [4.69, 9.17) is 5.73 Å². The molecule has 0 aliphatic carbocycles. The molecule has 1 saturated heterocycles. The highest BCUT2D eigenvalue weighted by Gasteiger charge is 2.30. The molecule has 0 unspecified atom stereocenters. The number of nitrogens with zero attached hydrogens (tertiary/aromatic N) is 1. The van der Waals surface area contributed by atoms with E-state index in [1.165, 1.54) is 0 Å². The second-order valence-corrected chi connectivity index (χ2v) is 9.88. The van der Waals surface area contributed by atoms with Gasteiger partial charge in [0.25, 0.3) is 5.91 Å². The smallest absolute Gasteiger partial charge is 0.270 e. The van der Waals surface area contributed by atoms with Gasteiger partial charge in [0.1, 0.15) is 11.7 Å². The lowest BCUT2D eigenvalue weighted by Gasteiger charge is -2.27. The number of nitrogens with one attached hydrogen (secondary N) is 4. The number of fused-ring (bicyclic) bond motifs is 1. The molecule has 11 heteroatoms. The molecule has 0 bridgehead atoms. The minimum absolute atomic E-state index is 0.0741. The number of aromatic nitrogens is 1. The van der Waals surface area contributed by atoms with E-state index in [0.717, 1.165) is 29.3 Å². The van der Waals surface area contributed by atoms with Crippen LogP contribution >= 0.6 is 0 Å². The van der Waals surface area contributed by atoms with Gasteiger partial charge in [-0.1, -0.05) is 54.6 Å². The summed E-state index contributed by atoms with van der Waals surface area (Å²) in [5, 5.41) is 23.8. The summed E-state index contributed by atoms with van der Waals surface area (Å²) >= 11 is 0. The first-order valence-corrected chi connectivity index (χ1v) is 13.3. The molecule has 210 valence electrons. The molecule has 4 rings (SSSR count). The number of aliphatic hydroxyl groups is 1. The normalized spacial score (nSPS) is 17.0. The summed E-state index contributed by atoms with van der Waals surface area (Å²) in [6, 6.07) is 15.7. The fourth-order valence-corrected chi connectivity index (χ4v) is 4.66. The van der Waals surface area contributed by atoms with Gasteiger partial charge in [0, 0.05) is 18.1 Å². The van der Waals surface area contributed by atoms with E-state index in [9.17, 15) is 24.3 Å². The number of primary amides is 1. The van der Waals surface area contributed by atoms with Crippen molar-refractivity contribution in [1.29, 1.82) is 0 Å². The minimum Gasteiger partial charge on any atom is -0.389 e. The number of hydrogen-bond donors (Lipinski definition) is 6. The first-order valence-electron chi connectivity index (χ1n) is 13.3. The van der Waals surface area contributed by atoms with E-state index in [2.05, 4.69) is 26.3 Å². The van der Waals surface area contributed by atoms with Crippen molar-refractivity contribution in [2.24, 2.45) is 5.73 Å². The van der Waals surface area contributed by atoms with Crippen LogP contribution in [-0.2, 0) is 20.8 Å². The third-order valence-corrected chi connectivity index (χ3v) is 6.84. The molecule has 4 atom stereocenters. The van der Waals surface area contributed by atoms with Crippen LogP contribution in [0.5, 0.6) is 0 Å². The van der Waals surface area contributed by atoms with Gasteiger partial charge in [-0.05, 0) is 42.8 Å². The summed E-state index contributed by atoms with van der Waals surface area (Å²) in [6.07, 6.45) is 1.80. The Kier molecular flexibility index (Phi) is 9.76. The number of pyridine rings is 1. The van der Waals surface area contributed by atoms with Gasteiger partial charge in [0.2, 0.25) is 17.7 Å². The molecule has 3 aromatic rings. The summed E-state index contributed by atoms with van der Waals surface area (Å²) in [5.41, 5.74) is 6.30. The van der Waals surface area contributed by atoms with Gasteiger partial charge in [-0.25, -0.2) is 0 Å². The topological polar surface area (TPSA) is 176 Å². The fraction of sp³-hybridized carbons (Fsp3) is 0.345. The molecule has 40 heavy (non-hydrogen) atoms. The number of benzene rings is 2. The first kappa shape index (κ1) is 28.7. The molecule has 11 nitrogen and oxygen atoms in total. The maximum atomic E-state index is 13.3. The van der Waals surface area contributed by atoms with Crippen LogP contribution in [0.1, 0.15) is 35.3 Å². The van der Waals surface area contributed by atoms with Crippen LogP contribution in [0.3, 0.4) is 0 Å². The van der Waals surface area contributed by atoms with Crippen molar-refractivity contribution in [3.63, 3.8) is 0 Å². The standard InChI is InChI=1S/C29H34N6O5/c30-26(37)15-24(35-28(39)23-14-19-9-4-5-10-20(19)16-32-23)29(40)34-22(13-18-7-2-1-3-8-18)25(36)17-33-27(38)21-11-6-12-31-21/h1-5,7-10,14,16,21-22,24-25,31,36H,6,11-13,15,17H2,(H2,30,37)(H,33,38)(H,34,40)(H,35,39)/t21-,22-,24-,25+/m0/s1. The molecule has 0 radical (unpaired) electrons. The maximum absolute atomic E-state index is 13.3. The summed E-state index contributed by atoms with van der Waals surface area (Å²) < 4.78 is 0. The van der Waals surface area contributed by atoms with Gasteiger partial charge < -0.3 is 32.1 Å². The number of rotatable bonds is 12. The average Bonchev–Trinajstić information content (AvgIpc) is 3.50. The monoisotopic (exact) mass is 546 g/mol. The molecule has 2 aromatic carbocycles. The SMILES string of the molecule is NC(=O)C[C@H](NC(=O)c1cc2ccccc2cn1)C(=O)N[C@@H](Cc1ccccc1)[C@H](O)CNC(=O)[C@@H]1CCCN1. The van der Waals surface area contributed by atoms with Crippen molar-refractivity contribution in [3.05, 3.63) is 78.1 Å². The van der Waals surface area contributed by atoms with Crippen molar-refractivity contribution in [1.82, 2.24) is 26.3 Å². The highest BCUT2D eigenvalue weighted by Crippen LogP contribution is 2.14. The Bertz CT molecular complexity index is 1350. The number of aliphatic hydroxyl groups excluding tert-OH is 1. The average molecular weight is 547 g/mol.